The first kappa shape index (κ1) is 68.8. The molecular formula is C35H74O33. The van der Waals surface area contributed by atoms with Gasteiger partial charge in [-0.2, -0.15) is 0 Å². The van der Waals surface area contributed by atoms with E-state index in [0.717, 1.165) is 0 Å². The molecule has 2 heterocycles. The minimum Gasteiger partial charge on any atom is -0.394 e. The Morgan fingerprint density at radius 1 is 0.279 bits per heavy atom. The maximum absolute atomic E-state index is 9.83. The van der Waals surface area contributed by atoms with Crippen molar-refractivity contribution in [2.24, 2.45) is 0 Å². The Morgan fingerprint density at radius 3 is 0.721 bits per heavy atom. The highest BCUT2D eigenvalue weighted by Crippen LogP contribution is 2.26. The van der Waals surface area contributed by atoms with Crippen molar-refractivity contribution in [3.05, 3.63) is 0 Å². The second-order valence-corrected chi connectivity index (χ2v) is 15.0. The molecule has 0 aromatic carbocycles. The molecule has 2 aliphatic heterocycles. The molecule has 0 aromatic heterocycles. The number of aliphatic hydroxyl groups excluding tert-OH is 29. The first-order chi connectivity index (χ1) is 31.7. The van der Waals surface area contributed by atoms with Crippen molar-refractivity contribution in [1.82, 2.24) is 0 Å². The van der Waals surface area contributed by atoms with E-state index in [1.807, 2.05) is 0 Å². The zero-order valence-electron chi connectivity index (χ0n) is 36.1. The zero-order chi connectivity index (χ0) is 53.3. The Balaban J connectivity index is 0. The van der Waals surface area contributed by atoms with Gasteiger partial charge in [-0.05, 0) is 0 Å². The van der Waals surface area contributed by atoms with Gasteiger partial charge in [-0.3, -0.25) is 0 Å². The Labute approximate surface area is 386 Å². The van der Waals surface area contributed by atoms with Crippen molar-refractivity contribution in [2.75, 3.05) is 66.1 Å². The van der Waals surface area contributed by atoms with Crippen molar-refractivity contribution in [2.45, 2.75) is 153 Å². The fraction of sp³-hybridized carbons (Fsp3) is 1.00. The number of hydrogen-bond acceptors (Lipinski definition) is 33. The molecule has 0 saturated carbocycles. The van der Waals surface area contributed by atoms with E-state index >= 15 is 0 Å². The lowest BCUT2D eigenvalue weighted by molar-refractivity contribution is -0.327. The standard InChI is InChI=1S/2C12H24O11.C6H14O6.C5H12O5/c2*13-1-4(16)7(18)11(5(17)2-14)23-12-10(21)9(20)8(19)6(3-15)22-12;7-1-3(9)5(11)6(12)4(10)2-8;6-1-3(8)5(10)4(9)2-7/h2*4-21H,1-3H2;3-12H,1-2H2;3-10H,1-2H2/t4-,5+,6+,7+,8+,9-,10+,11+,12+;4-,5+,6+,7+,8-,9-,10+,11+,12-;3-,4+,5-,6-;3-,4+,5?/m001./s1. The van der Waals surface area contributed by atoms with Gasteiger partial charge in [0.2, 0.25) is 0 Å². The molecule has 29 N–H and O–H groups in total. The van der Waals surface area contributed by atoms with Gasteiger partial charge in [0.1, 0.15) is 140 Å². The van der Waals surface area contributed by atoms with Gasteiger partial charge in [0.15, 0.2) is 12.6 Å². The molecule has 0 radical (unpaired) electrons. The summed E-state index contributed by atoms with van der Waals surface area (Å²) in [6.45, 7) is -7.64. The summed E-state index contributed by atoms with van der Waals surface area (Å²) in [6.07, 6.45) is -40.8. The first-order valence-electron chi connectivity index (χ1n) is 20.4. The predicted octanol–water partition coefficient (Wildman–Crippen LogP) is -18.1. The van der Waals surface area contributed by atoms with Crippen LogP contribution in [0.15, 0.2) is 0 Å². The van der Waals surface area contributed by atoms with Gasteiger partial charge in [0.05, 0.1) is 66.1 Å². The van der Waals surface area contributed by atoms with Crippen LogP contribution in [0.5, 0.6) is 0 Å². The van der Waals surface area contributed by atoms with Gasteiger partial charge < -0.3 is 167 Å². The minimum atomic E-state index is -1.85. The molecule has 0 amide bonds. The number of rotatable bonds is 25. The van der Waals surface area contributed by atoms with Crippen LogP contribution in [-0.4, -0.2) is 367 Å². The lowest BCUT2D eigenvalue weighted by atomic mass is 9.98. The van der Waals surface area contributed by atoms with E-state index in [1.54, 1.807) is 0 Å². The molecule has 25 atom stereocenters. The topological polar surface area (TPSA) is 624 Å². The van der Waals surface area contributed by atoms with Gasteiger partial charge in [-0.15, -0.1) is 0 Å². The van der Waals surface area contributed by atoms with Crippen LogP contribution >= 0.6 is 0 Å². The smallest absolute Gasteiger partial charge is 0.187 e. The van der Waals surface area contributed by atoms with Gasteiger partial charge in [-0.25, -0.2) is 0 Å². The third kappa shape index (κ3) is 21.4. The van der Waals surface area contributed by atoms with Gasteiger partial charge in [-0.1, -0.05) is 0 Å². The van der Waals surface area contributed by atoms with Crippen LogP contribution in [0, 0.1) is 0 Å². The van der Waals surface area contributed by atoms with Crippen LogP contribution < -0.4 is 0 Å². The molecule has 2 saturated heterocycles. The third-order valence-corrected chi connectivity index (χ3v) is 9.92. The number of aliphatic hydroxyl groups is 29. The van der Waals surface area contributed by atoms with Crippen LogP contribution in [0.4, 0.5) is 0 Å². The van der Waals surface area contributed by atoms with E-state index in [-0.39, 0.29) is 0 Å². The molecule has 0 aliphatic carbocycles. The van der Waals surface area contributed by atoms with Gasteiger partial charge in [0, 0.05) is 0 Å². The molecule has 1 unspecified atom stereocenters. The molecule has 0 spiro atoms. The van der Waals surface area contributed by atoms with Crippen molar-refractivity contribution in [3.8, 4) is 0 Å². The van der Waals surface area contributed by atoms with E-state index in [9.17, 15) is 61.3 Å². The summed E-state index contributed by atoms with van der Waals surface area (Å²) in [5.74, 6) is 0. The van der Waals surface area contributed by atoms with E-state index in [2.05, 4.69) is 0 Å². The SMILES string of the molecule is OC[C@@H](O)C(O)[C@@H](O)CO.OC[C@@H](O)[C@@H](O)[C@H](O)[C@@H](O)CO.OC[C@@H](O)[C@@H](O[C@@H]1O[C@H](CO)[C@H](O)[C@H](O)[C@H]1O)[C@H](O)[C@@H](O)CO.OC[C@@H](O)[C@@H](O[C@H]1O[C@H](CO)[C@@H](O)[C@H](O)[C@H]1O)[C@H](O)[C@@H](O)CO. The average molecular weight is 1020 g/mol. The summed E-state index contributed by atoms with van der Waals surface area (Å²) in [6, 6.07) is 0. The fourth-order valence-electron chi connectivity index (χ4n) is 5.47. The van der Waals surface area contributed by atoms with Gasteiger partial charge >= 0.3 is 0 Å². The summed E-state index contributed by atoms with van der Waals surface area (Å²) < 4.78 is 20.3. The molecule has 33 heteroatoms. The van der Waals surface area contributed by atoms with E-state index in [0.29, 0.717) is 0 Å². The molecule has 0 bridgehead atoms. The average Bonchev–Trinajstić information content (AvgIpc) is 3.36. The van der Waals surface area contributed by atoms with E-state index in [1.165, 1.54) is 0 Å². The molecular weight excluding hydrogens is 948 g/mol. The Bertz CT molecular complexity index is 1130. The second kappa shape index (κ2) is 35.7. The van der Waals surface area contributed by atoms with E-state index < -0.39 is 219 Å². The molecule has 2 rings (SSSR count). The summed E-state index contributed by atoms with van der Waals surface area (Å²) in [4.78, 5) is 0. The predicted molar refractivity (Wildman–Crippen MR) is 212 cm³/mol. The van der Waals surface area contributed by atoms with E-state index in [4.69, 9.17) is 106 Å². The molecule has 412 valence electrons. The van der Waals surface area contributed by atoms with Crippen LogP contribution in [0.1, 0.15) is 0 Å². The zero-order valence-corrected chi connectivity index (χ0v) is 36.1. The highest BCUT2D eigenvalue weighted by Gasteiger charge is 2.48. The normalized spacial score (nSPS) is 31.9. The molecule has 0 aromatic rings. The van der Waals surface area contributed by atoms with Crippen LogP contribution in [-0.2, 0) is 18.9 Å². The van der Waals surface area contributed by atoms with Crippen molar-refractivity contribution < 1.29 is 167 Å². The monoisotopic (exact) mass is 1020 g/mol. The molecule has 33 nitrogen and oxygen atoms in total. The summed E-state index contributed by atoms with van der Waals surface area (Å²) >= 11 is 0. The Hall–Kier alpha value is -1.32. The third-order valence-electron chi connectivity index (χ3n) is 9.92. The number of ether oxygens (including phenoxy) is 4. The van der Waals surface area contributed by atoms with Crippen molar-refractivity contribution in [1.29, 1.82) is 0 Å². The van der Waals surface area contributed by atoms with Gasteiger partial charge in [0.25, 0.3) is 0 Å². The summed E-state index contributed by atoms with van der Waals surface area (Å²) in [7, 11) is 0. The highest BCUT2D eigenvalue weighted by atomic mass is 16.7. The maximum atomic E-state index is 9.83. The van der Waals surface area contributed by atoms with Crippen LogP contribution in [0.3, 0.4) is 0 Å². The number of hydrogen-bond donors (Lipinski definition) is 29. The highest BCUT2D eigenvalue weighted by molar-refractivity contribution is 4.92. The molecule has 2 fully saturated rings. The fourth-order valence-corrected chi connectivity index (χ4v) is 5.47. The molecule has 68 heavy (non-hydrogen) atoms. The second-order valence-electron chi connectivity index (χ2n) is 15.0. The quantitative estimate of drug-likeness (QED) is 0.0404. The van der Waals surface area contributed by atoms with Crippen LogP contribution in [0.25, 0.3) is 0 Å². The maximum Gasteiger partial charge on any atom is 0.187 e. The molecule has 2 aliphatic rings. The summed E-state index contributed by atoms with van der Waals surface area (Å²) in [5, 5.41) is 265. The van der Waals surface area contributed by atoms with Crippen LogP contribution in [0.2, 0.25) is 0 Å². The minimum absolute atomic E-state index is 0.641. The summed E-state index contributed by atoms with van der Waals surface area (Å²) in [5.41, 5.74) is 0. The largest absolute Gasteiger partial charge is 0.394 e. The first-order valence-corrected chi connectivity index (χ1v) is 20.4. The van der Waals surface area contributed by atoms with Crippen molar-refractivity contribution in [3.63, 3.8) is 0 Å². The Morgan fingerprint density at radius 2 is 0.500 bits per heavy atom. The lowest BCUT2D eigenvalue weighted by Crippen LogP contribution is -2.61. The lowest BCUT2D eigenvalue weighted by Gasteiger charge is -2.42. The van der Waals surface area contributed by atoms with Crippen molar-refractivity contribution >= 4 is 0 Å². The Kier molecular flexibility index (Phi) is 36.1.